The minimum Gasteiger partial charge on any atom is -0.315 e. The molecular weight excluding hydrogens is 424 g/mol. The molecule has 0 spiro atoms. The predicted molar refractivity (Wildman–Crippen MR) is 128 cm³/mol. The molecule has 2 aromatic heterocycles. The quantitative estimate of drug-likeness (QED) is 0.341. The number of anilines is 1. The molecule has 0 atom stereocenters. The molecule has 0 radical (unpaired) electrons. The van der Waals surface area contributed by atoms with Crippen molar-refractivity contribution in [2.24, 2.45) is 0 Å². The van der Waals surface area contributed by atoms with E-state index < -0.39 is 0 Å². The molecule has 2 aromatic carbocycles. The number of hydrogen-bond acceptors (Lipinski definition) is 5. The van der Waals surface area contributed by atoms with Crippen LogP contribution in [0.1, 0.15) is 16.3 Å². The van der Waals surface area contributed by atoms with Crippen LogP contribution in [-0.4, -0.2) is 33.5 Å². The van der Waals surface area contributed by atoms with Gasteiger partial charge >= 0.3 is 0 Å². The Morgan fingerprint density at radius 3 is 2.45 bits per heavy atom. The summed E-state index contributed by atoms with van der Waals surface area (Å²) in [6, 6.07) is 24.3. The van der Waals surface area contributed by atoms with Crippen molar-refractivity contribution in [3.8, 4) is 0 Å². The van der Waals surface area contributed by atoms with Gasteiger partial charge < -0.3 is 9.47 Å². The van der Waals surface area contributed by atoms with Crippen LogP contribution < -0.4 is 4.90 Å². The molecule has 158 valence electrons. The summed E-state index contributed by atoms with van der Waals surface area (Å²) in [6.45, 7) is 0.781. The molecule has 0 unspecified atom stereocenters. The van der Waals surface area contributed by atoms with Crippen molar-refractivity contribution >= 4 is 34.7 Å². The Morgan fingerprint density at radius 2 is 1.74 bits per heavy atom. The molecule has 4 aromatic rings. The number of carbonyl (C=O) groups is 1. The summed E-state index contributed by atoms with van der Waals surface area (Å²) in [6.07, 6.45) is 1.64. The Labute approximate surface area is 190 Å². The SMILES string of the molecule is CN(C(=O)CSc1nnc(Cc2cccs2)n1CCc1ccccc1)c1ccccc1. The van der Waals surface area contributed by atoms with Crippen molar-refractivity contribution in [2.75, 3.05) is 17.7 Å². The number of para-hydroxylation sites is 1. The van der Waals surface area contributed by atoms with Crippen LogP contribution in [0.25, 0.3) is 0 Å². The lowest BCUT2D eigenvalue weighted by Gasteiger charge is -2.17. The molecule has 1 amide bonds. The summed E-state index contributed by atoms with van der Waals surface area (Å²) in [7, 11) is 1.81. The molecule has 7 heteroatoms. The molecule has 0 aliphatic rings. The van der Waals surface area contributed by atoms with Crippen molar-refractivity contribution in [2.45, 2.75) is 24.5 Å². The van der Waals surface area contributed by atoms with Gasteiger partial charge in [0.1, 0.15) is 5.82 Å². The lowest BCUT2D eigenvalue weighted by Crippen LogP contribution is -2.28. The van der Waals surface area contributed by atoms with E-state index in [2.05, 4.69) is 56.5 Å². The van der Waals surface area contributed by atoms with E-state index in [1.54, 1.807) is 23.3 Å². The van der Waals surface area contributed by atoms with Gasteiger partial charge in [-0.15, -0.1) is 21.5 Å². The second-order valence-electron chi connectivity index (χ2n) is 7.12. The molecule has 0 N–H and O–H groups in total. The second kappa shape index (κ2) is 10.4. The number of rotatable bonds is 9. The van der Waals surface area contributed by atoms with Crippen LogP contribution in [-0.2, 0) is 24.2 Å². The highest BCUT2D eigenvalue weighted by Crippen LogP contribution is 2.22. The monoisotopic (exact) mass is 448 g/mol. The van der Waals surface area contributed by atoms with E-state index >= 15 is 0 Å². The minimum atomic E-state index is 0.0358. The number of aromatic nitrogens is 3. The van der Waals surface area contributed by atoms with Crippen molar-refractivity contribution in [1.29, 1.82) is 0 Å². The van der Waals surface area contributed by atoms with Gasteiger partial charge in [-0.25, -0.2) is 0 Å². The summed E-state index contributed by atoms with van der Waals surface area (Å²) in [5.74, 6) is 1.28. The van der Waals surface area contributed by atoms with Crippen molar-refractivity contribution < 1.29 is 4.79 Å². The lowest BCUT2D eigenvalue weighted by atomic mass is 10.1. The molecule has 0 fully saturated rings. The van der Waals surface area contributed by atoms with Gasteiger partial charge in [0, 0.05) is 30.6 Å². The van der Waals surface area contributed by atoms with E-state index in [1.165, 1.54) is 22.2 Å². The lowest BCUT2D eigenvalue weighted by molar-refractivity contribution is -0.115. The summed E-state index contributed by atoms with van der Waals surface area (Å²) in [5.41, 5.74) is 2.16. The Bertz CT molecular complexity index is 1100. The first-order valence-corrected chi connectivity index (χ1v) is 12.0. The maximum atomic E-state index is 12.7. The van der Waals surface area contributed by atoms with E-state index in [9.17, 15) is 4.79 Å². The first-order valence-electron chi connectivity index (χ1n) is 10.1. The molecule has 31 heavy (non-hydrogen) atoms. The summed E-state index contributed by atoms with van der Waals surface area (Å²) >= 11 is 3.17. The maximum absolute atomic E-state index is 12.7. The number of hydrogen-bond donors (Lipinski definition) is 0. The van der Waals surface area contributed by atoms with E-state index in [1.807, 2.05) is 36.4 Å². The smallest absolute Gasteiger partial charge is 0.237 e. The zero-order valence-corrected chi connectivity index (χ0v) is 19.0. The minimum absolute atomic E-state index is 0.0358. The summed E-state index contributed by atoms with van der Waals surface area (Å²) in [4.78, 5) is 15.7. The first kappa shape index (κ1) is 21.3. The largest absolute Gasteiger partial charge is 0.315 e. The molecule has 0 saturated heterocycles. The number of thioether (sulfide) groups is 1. The van der Waals surface area contributed by atoms with Crippen LogP contribution in [0.4, 0.5) is 5.69 Å². The van der Waals surface area contributed by atoms with Gasteiger partial charge in [0.15, 0.2) is 5.16 Å². The van der Waals surface area contributed by atoms with E-state index in [0.717, 1.165) is 36.1 Å². The number of nitrogens with zero attached hydrogens (tertiary/aromatic N) is 4. The first-order chi connectivity index (χ1) is 15.2. The number of aryl methyl sites for hydroxylation is 1. The fourth-order valence-electron chi connectivity index (χ4n) is 3.25. The normalized spacial score (nSPS) is 10.9. The predicted octanol–water partition coefficient (Wildman–Crippen LogP) is 4.93. The molecule has 0 saturated carbocycles. The molecule has 0 bridgehead atoms. The van der Waals surface area contributed by atoms with Crippen LogP contribution in [0.5, 0.6) is 0 Å². The van der Waals surface area contributed by atoms with Crippen LogP contribution in [0, 0.1) is 0 Å². The van der Waals surface area contributed by atoms with Gasteiger partial charge in [0.05, 0.1) is 5.75 Å². The number of benzene rings is 2. The average Bonchev–Trinajstić information content (AvgIpc) is 3.47. The van der Waals surface area contributed by atoms with Crippen molar-refractivity contribution in [1.82, 2.24) is 14.8 Å². The van der Waals surface area contributed by atoms with Gasteiger partial charge in [-0.2, -0.15) is 0 Å². The van der Waals surface area contributed by atoms with Crippen LogP contribution in [0.3, 0.4) is 0 Å². The number of thiophene rings is 1. The van der Waals surface area contributed by atoms with Gasteiger partial charge in [-0.05, 0) is 35.6 Å². The topological polar surface area (TPSA) is 51.0 Å². The molecular formula is C24H24N4OS2. The van der Waals surface area contributed by atoms with Crippen LogP contribution in [0.15, 0.2) is 83.3 Å². The number of carbonyl (C=O) groups excluding carboxylic acids is 1. The molecule has 4 rings (SSSR count). The van der Waals surface area contributed by atoms with Crippen LogP contribution >= 0.6 is 23.1 Å². The fourth-order valence-corrected chi connectivity index (χ4v) is 4.85. The highest BCUT2D eigenvalue weighted by molar-refractivity contribution is 7.99. The molecule has 5 nitrogen and oxygen atoms in total. The third-order valence-corrected chi connectivity index (χ3v) is 6.84. The van der Waals surface area contributed by atoms with Gasteiger partial charge in [0.25, 0.3) is 0 Å². The van der Waals surface area contributed by atoms with E-state index in [-0.39, 0.29) is 5.91 Å². The highest BCUT2D eigenvalue weighted by Gasteiger charge is 2.17. The van der Waals surface area contributed by atoms with Gasteiger partial charge in [-0.1, -0.05) is 66.4 Å². The summed E-state index contributed by atoms with van der Waals surface area (Å²) < 4.78 is 2.16. The highest BCUT2D eigenvalue weighted by atomic mass is 32.2. The Hall–Kier alpha value is -2.90. The average molecular weight is 449 g/mol. The van der Waals surface area contributed by atoms with Crippen molar-refractivity contribution in [3.63, 3.8) is 0 Å². The third-order valence-electron chi connectivity index (χ3n) is 5.02. The molecule has 0 aliphatic carbocycles. The molecule has 0 aliphatic heterocycles. The Morgan fingerprint density at radius 1 is 1.00 bits per heavy atom. The summed E-state index contributed by atoms with van der Waals surface area (Å²) in [5, 5.41) is 11.7. The standard InChI is InChI=1S/C24H24N4OS2/c1-27(20-11-6-3-7-12-20)23(29)18-31-24-26-25-22(17-21-13-8-16-30-21)28(24)15-14-19-9-4-2-5-10-19/h2-13,16H,14-15,17-18H2,1H3. The van der Waals surface area contributed by atoms with E-state index in [0.29, 0.717) is 5.75 Å². The second-order valence-corrected chi connectivity index (χ2v) is 9.09. The maximum Gasteiger partial charge on any atom is 0.237 e. The Balaban J connectivity index is 1.47. The zero-order chi connectivity index (χ0) is 21.5. The third kappa shape index (κ3) is 5.62. The van der Waals surface area contributed by atoms with Crippen LogP contribution in [0.2, 0.25) is 0 Å². The van der Waals surface area contributed by atoms with Gasteiger partial charge in [-0.3, -0.25) is 4.79 Å². The van der Waals surface area contributed by atoms with Gasteiger partial charge in [0.2, 0.25) is 5.91 Å². The Kier molecular flexibility index (Phi) is 7.17. The van der Waals surface area contributed by atoms with Crippen molar-refractivity contribution in [3.05, 3.63) is 94.4 Å². The van der Waals surface area contributed by atoms with E-state index in [4.69, 9.17) is 0 Å². The zero-order valence-electron chi connectivity index (χ0n) is 17.3. The number of amides is 1. The fraction of sp³-hybridized carbons (Fsp3) is 0.208. The molecule has 2 heterocycles.